The van der Waals surface area contributed by atoms with Gasteiger partial charge >= 0.3 is 12.0 Å². The van der Waals surface area contributed by atoms with Crippen LogP contribution in [0.15, 0.2) is 24.3 Å². The Morgan fingerprint density at radius 3 is 2.37 bits per heavy atom. The highest BCUT2D eigenvalue weighted by Gasteiger charge is 2.47. The number of esters is 1. The number of benzene rings is 1. The summed E-state index contributed by atoms with van der Waals surface area (Å²) in [7, 11) is 0. The van der Waals surface area contributed by atoms with Gasteiger partial charge in [-0.1, -0.05) is 26.0 Å². The Kier molecular flexibility index (Phi) is 6.20. The van der Waals surface area contributed by atoms with Gasteiger partial charge < -0.3 is 15.4 Å². The molecule has 0 bridgehead atoms. The van der Waals surface area contributed by atoms with Crippen molar-refractivity contribution in [3.63, 3.8) is 0 Å². The van der Waals surface area contributed by atoms with E-state index < -0.39 is 42.0 Å². The van der Waals surface area contributed by atoms with Crippen LogP contribution in [0.5, 0.6) is 0 Å². The number of hydrogen-bond donors (Lipinski definition) is 2. The Bertz CT molecular complexity index is 746. The first kappa shape index (κ1) is 20.4. The fraction of sp³-hybridized carbons (Fsp3) is 0.474. The van der Waals surface area contributed by atoms with Gasteiger partial charge in [-0.15, -0.1) is 0 Å². The fourth-order valence-electron chi connectivity index (χ4n) is 2.62. The maximum atomic E-state index is 12.3. The van der Waals surface area contributed by atoms with Crippen LogP contribution in [-0.2, 0) is 25.5 Å². The van der Waals surface area contributed by atoms with Crippen molar-refractivity contribution in [1.29, 1.82) is 0 Å². The summed E-state index contributed by atoms with van der Waals surface area (Å²) in [5, 5.41) is 5.21. The Balaban J connectivity index is 1.90. The van der Waals surface area contributed by atoms with Crippen LogP contribution >= 0.6 is 0 Å². The van der Waals surface area contributed by atoms with E-state index in [0.29, 0.717) is 12.1 Å². The van der Waals surface area contributed by atoms with Crippen molar-refractivity contribution in [2.75, 3.05) is 11.9 Å². The second-order valence-corrected chi connectivity index (χ2v) is 6.68. The molecule has 8 heteroatoms. The molecule has 1 saturated heterocycles. The van der Waals surface area contributed by atoms with Crippen molar-refractivity contribution in [3.8, 4) is 0 Å². The third kappa shape index (κ3) is 4.64. The highest BCUT2D eigenvalue weighted by atomic mass is 16.5. The minimum absolute atomic E-state index is 0.402. The number of imide groups is 1. The average molecular weight is 375 g/mol. The lowest BCUT2D eigenvalue weighted by molar-refractivity contribution is -0.155. The first-order valence-electron chi connectivity index (χ1n) is 8.93. The molecule has 2 atom stereocenters. The van der Waals surface area contributed by atoms with Crippen LogP contribution in [0.4, 0.5) is 10.5 Å². The van der Waals surface area contributed by atoms with Crippen LogP contribution in [0.1, 0.15) is 39.7 Å². The summed E-state index contributed by atoms with van der Waals surface area (Å²) < 4.78 is 5.06. The largest absolute Gasteiger partial charge is 0.451 e. The van der Waals surface area contributed by atoms with E-state index in [4.69, 9.17) is 4.74 Å². The number of ether oxygens (including phenoxy) is 1. The Hall–Kier alpha value is -2.90. The number of carbonyl (C=O) groups is 4. The minimum atomic E-state index is -1.07. The van der Waals surface area contributed by atoms with E-state index in [9.17, 15) is 19.2 Å². The maximum absolute atomic E-state index is 12.3. The quantitative estimate of drug-likeness (QED) is 0.559. The van der Waals surface area contributed by atoms with Gasteiger partial charge in [-0.3, -0.25) is 19.3 Å². The van der Waals surface area contributed by atoms with Gasteiger partial charge in [-0.05, 0) is 44.4 Å². The fourth-order valence-corrected chi connectivity index (χ4v) is 2.62. The third-order valence-corrected chi connectivity index (χ3v) is 4.65. The summed E-state index contributed by atoms with van der Waals surface area (Å²) in [6, 6.07) is 6.69. The molecule has 1 aromatic carbocycles. The molecule has 0 aromatic heterocycles. The zero-order valence-electron chi connectivity index (χ0n) is 16.0. The van der Waals surface area contributed by atoms with Crippen molar-refractivity contribution < 1.29 is 23.9 Å². The summed E-state index contributed by atoms with van der Waals surface area (Å²) in [5.74, 6) is -1.81. The highest BCUT2D eigenvalue weighted by Crippen LogP contribution is 2.20. The summed E-state index contributed by atoms with van der Waals surface area (Å²) in [5.41, 5.74) is 0.707. The lowest BCUT2D eigenvalue weighted by Gasteiger charge is -2.19. The Labute approximate surface area is 158 Å². The normalized spacial score (nSPS) is 20.2. The summed E-state index contributed by atoms with van der Waals surface area (Å²) in [4.78, 5) is 49.2. The number of hydrogen-bond acceptors (Lipinski definition) is 5. The van der Waals surface area contributed by atoms with Gasteiger partial charge in [0.2, 0.25) is 0 Å². The lowest BCUT2D eigenvalue weighted by Crippen LogP contribution is -2.44. The molecular weight excluding hydrogens is 350 g/mol. The molecule has 0 spiro atoms. The van der Waals surface area contributed by atoms with Crippen molar-refractivity contribution in [2.45, 2.75) is 52.2 Å². The molecule has 4 amide bonds. The monoisotopic (exact) mass is 375 g/mol. The van der Waals surface area contributed by atoms with Gasteiger partial charge in [0.1, 0.15) is 12.1 Å². The number of urea groups is 1. The number of amides is 4. The molecule has 1 aliphatic heterocycles. The summed E-state index contributed by atoms with van der Waals surface area (Å²) >= 11 is 0. The molecule has 0 radical (unpaired) electrons. The SMILES string of the molecule is CCc1ccc(NC(=O)[C@H](C)OC(=O)CN2C(=O)N[C@](C)(CC)C2=O)cc1. The second kappa shape index (κ2) is 8.20. The zero-order valence-corrected chi connectivity index (χ0v) is 16.0. The van der Waals surface area contributed by atoms with Gasteiger partial charge in [-0.25, -0.2) is 4.79 Å². The van der Waals surface area contributed by atoms with Crippen molar-refractivity contribution in [2.24, 2.45) is 0 Å². The molecule has 0 unspecified atom stereocenters. The molecule has 2 rings (SSSR count). The van der Waals surface area contributed by atoms with Crippen LogP contribution in [0, 0.1) is 0 Å². The molecule has 0 saturated carbocycles. The first-order valence-corrected chi connectivity index (χ1v) is 8.93. The van der Waals surface area contributed by atoms with Gasteiger partial charge in [0, 0.05) is 5.69 Å². The molecular formula is C19H25N3O5. The number of rotatable bonds is 7. The molecule has 1 fully saturated rings. The third-order valence-electron chi connectivity index (χ3n) is 4.65. The molecule has 27 heavy (non-hydrogen) atoms. The van der Waals surface area contributed by atoms with Crippen LogP contribution in [0.3, 0.4) is 0 Å². The summed E-state index contributed by atoms with van der Waals surface area (Å²) in [6.45, 7) is 6.28. The molecule has 1 aromatic rings. The predicted molar refractivity (Wildman–Crippen MR) is 98.9 cm³/mol. The van der Waals surface area contributed by atoms with Crippen LogP contribution in [0.2, 0.25) is 0 Å². The van der Waals surface area contributed by atoms with Crippen LogP contribution in [0.25, 0.3) is 0 Å². The molecule has 0 aliphatic carbocycles. The standard InChI is InChI=1S/C19H25N3O5/c1-5-13-7-9-14(10-8-13)20-16(24)12(3)27-15(23)11-22-17(25)19(4,6-2)21-18(22)26/h7-10,12H,5-6,11H2,1-4H3,(H,20,24)(H,21,26)/t12-,19+/m0/s1. The lowest BCUT2D eigenvalue weighted by atomic mass is 9.99. The van der Waals surface area contributed by atoms with Gasteiger partial charge in [-0.2, -0.15) is 0 Å². The number of aryl methyl sites for hydroxylation is 1. The van der Waals surface area contributed by atoms with Gasteiger partial charge in [0.05, 0.1) is 0 Å². The van der Waals surface area contributed by atoms with Crippen LogP contribution < -0.4 is 10.6 Å². The number of nitrogens with one attached hydrogen (secondary N) is 2. The number of anilines is 1. The van der Waals surface area contributed by atoms with E-state index >= 15 is 0 Å². The van der Waals surface area contributed by atoms with E-state index in [1.807, 2.05) is 19.1 Å². The van der Waals surface area contributed by atoms with E-state index in [1.165, 1.54) is 6.92 Å². The first-order chi connectivity index (χ1) is 12.7. The molecule has 1 heterocycles. The van der Waals surface area contributed by atoms with Gasteiger partial charge in [0.25, 0.3) is 11.8 Å². The Morgan fingerprint density at radius 2 is 1.85 bits per heavy atom. The average Bonchev–Trinajstić information content (AvgIpc) is 2.86. The van der Waals surface area contributed by atoms with Crippen LogP contribution in [-0.4, -0.2) is 46.9 Å². The Morgan fingerprint density at radius 1 is 1.22 bits per heavy atom. The predicted octanol–water partition coefficient (Wildman–Crippen LogP) is 1.84. The van der Waals surface area contributed by atoms with Crippen molar-refractivity contribution in [3.05, 3.63) is 29.8 Å². The highest BCUT2D eigenvalue weighted by molar-refractivity contribution is 6.08. The van der Waals surface area contributed by atoms with E-state index in [1.54, 1.807) is 26.0 Å². The van der Waals surface area contributed by atoms with Crippen molar-refractivity contribution in [1.82, 2.24) is 10.2 Å². The number of nitrogens with zero attached hydrogens (tertiary/aromatic N) is 1. The minimum Gasteiger partial charge on any atom is -0.451 e. The number of carbonyl (C=O) groups excluding carboxylic acids is 4. The molecule has 8 nitrogen and oxygen atoms in total. The van der Waals surface area contributed by atoms with Gasteiger partial charge in [0.15, 0.2) is 6.10 Å². The molecule has 1 aliphatic rings. The molecule has 2 N–H and O–H groups in total. The van der Waals surface area contributed by atoms with E-state index in [0.717, 1.165) is 16.9 Å². The molecule has 146 valence electrons. The second-order valence-electron chi connectivity index (χ2n) is 6.68. The summed E-state index contributed by atoms with van der Waals surface area (Å²) in [6.07, 6.45) is 0.225. The zero-order chi connectivity index (χ0) is 20.2. The topological polar surface area (TPSA) is 105 Å². The van der Waals surface area contributed by atoms with E-state index in [2.05, 4.69) is 10.6 Å². The van der Waals surface area contributed by atoms with E-state index in [-0.39, 0.29) is 0 Å². The van der Waals surface area contributed by atoms with Crippen molar-refractivity contribution >= 4 is 29.5 Å². The maximum Gasteiger partial charge on any atom is 0.327 e. The smallest absolute Gasteiger partial charge is 0.327 e.